The summed E-state index contributed by atoms with van der Waals surface area (Å²) in [5.74, 6) is 1.70. The second-order valence-electron chi connectivity index (χ2n) is 8.07. The summed E-state index contributed by atoms with van der Waals surface area (Å²) < 4.78 is 6.16. The van der Waals surface area contributed by atoms with E-state index in [1.165, 1.54) is 24.0 Å². The van der Waals surface area contributed by atoms with E-state index in [1.807, 2.05) is 6.07 Å². The highest BCUT2D eigenvalue weighted by Gasteiger charge is 2.30. The lowest BCUT2D eigenvalue weighted by molar-refractivity contribution is -0.368. The number of phenolic OH excluding ortho intramolecular Hbond substituents is 1. The Morgan fingerprint density at radius 2 is 2.04 bits per heavy atom. The van der Waals surface area contributed by atoms with Gasteiger partial charge in [-0.15, -0.1) is 0 Å². The number of aryl methyl sites for hydroxylation is 1. The third-order valence-electron chi connectivity index (χ3n) is 5.61. The van der Waals surface area contributed by atoms with Gasteiger partial charge in [0, 0.05) is 17.9 Å². The van der Waals surface area contributed by atoms with Crippen molar-refractivity contribution in [2.24, 2.45) is 5.92 Å². The van der Waals surface area contributed by atoms with Crippen molar-refractivity contribution in [2.75, 3.05) is 13.2 Å². The van der Waals surface area contributed by atoms with Crippen LogP contribution in [0, 0.1) is 13.3 Å². The van der Waals surface area contributed by atoms with E-state index in [2.05, 4.69) is 45.2 Å². The van der Waals surface area contributed by atoms with Gasteiger partial charge in [-0.2, -0.15) is 0 Å². The van der Waals surface area contributed by atoms with E-state index in [4.69, 9.17) is 4.74 Å². The lowest BCUT2D eigenvalue weighted by Gasteiger charge is -2.32. The molecule has 1 aliphatic carbocycles. The first-order valence-electron chi connectivity index (χ1n) is 10.6. The number of benzene rings is 1. The first-order valence-corrected chi connectivity index (χ1v) is 10.6. The molecule has 1 aromatic carbocycles. The Bertz CT molecular complexity index is 663. The Kier molecular flexibility index (Phi) is 10.4. The molecule has 2 rings (SSSR count). The molecule has 3 heteroatoms. The molecular weight excluding hydrogens is 346 g/mol. The highest BCUT2D eigenvalue weighted by Crippen LogP contribution is 2.47. The topological polar surface area (TPSA) is 57.1 Å². The molecule has 0 spiro atoms. The summed E-state index contributed by atoms with van der Waals surface area (Å²) in [5.41, 5.74) is 8.57. The zero-order valence-corrected chi connectivity index (χ0v) is 18.5. The fourth-order valence-corrected chi connectivity index (χ4v) is 4.04. The van der Waals surface area contributed by atoms with Crippen LogP contribution in [-0.2, 0) is 6.42 Å². The van der Waals surface area contributed by atoms with Crippen molar-refractivity contribution in [3.05, 3.63) is 54.5 Å². The minimum atomic E-state index is 0. The van der Waals surface area contributed by atoms with Crippen molar-refractivity contribution in [1.82, 2.24) is 0 Å². The number of hydrogen-bond donors (Lipinski definition) is 2. The lowest BCUT2D eigenvalue weighted by Crippen LogP contribution is -2.50. The molecule has 0 bridgehead atoms. The van der Waals surface area contributed by atoms with Gasteiger partial charge in [0.2, 0.25) is 0 Å². The highest BCUT2D eigenvalue weighted by atomic mass is 16.5. The van der Waals surface area contributed by atoms with Crippen LogP contribution < -0.4 is 10.5 Å². The first kappa shape index (κ1) is 24.3. The second kappa shape index (κ2) is 12.0. The van der Waals surface area contributed by atoms with Gasteiger partial charge >= 0.3 is 0 Å². The van der Waals surface area contributed by atoms with E-state index >= 15 is 0 Å². The van der Waals surface area contributed by atoms with Gasteiger partial charge in [0.05, 0.1) is 13.2 Å². The molecule has 0 aliphatic heterocycles. The standard InChI is InChI=1S/C24H37NO2.CH3/c1-5-6-7-9-19-15-22(26)24(23(16-19)27-13-8-12-25)21-14-18(4)10-11-20(21)17(2)3;/h14-16,20-21,26H,2,5-13,25H2,1,3-4H3;1H3/q;-1/p+1. The van der Waals surface area contributed by atoms with Crippen molar-refractivity contribution in [3.8, 4) is 11.5 Å². The zero-order chi connectivity index (χ0) is 19.8. The number of ether oxygens (including phenoxy) is 1. The Morgan fingerprint density at radius 1 is 1.29 bits per heavy atom. The van der Waals surface area contributed by atoms with Crippen molar-refractivity contribution >= 4 is 0 Å². The minimum Gasteiger partial charge on any atom is -0.507 e. The average Bonchev–Trinajstić information content (AvgIpc) is 2.61. The van der Waals surface area contributed by atoms with Crippen molar-refractivity contribution < 1.29 is 15.6 Å². The molecule has 2 atom stereocenters. The van der Waals surface area contributed by atoms with Gasteiger partial charge in [-0.05, 0) is 63.1 Å². The van der Waals surface area contributed by atoms with E-state index in [-0.39, 0.29) is 13.3 Å². The summed E-state index contributed by atoms with van der Waals surface area (Å²) in [6.45, 7) is 12.2. The van der Waals surface area contributed by atoms with Gasteiger partial charge in [0.15, 0.2) is 0 Å². The summed E-state index contributed by atoms with van der Waals surface area (Å²) in [5, 5.41) is 11.0. The smallest absolute Gasteiger partial charge is 0.127 e. The number of hydrogen-bond acceptors (Lipinski definition) is 2. The molecule has 158 valence electrons. The van der Waals surface area contributed by atoms with Gasteiger partial charge < -0.3 is 23.0 Å². The molecule has 0 amide bonds. The second-order valence-corrected chi connectivity index (χ2v) is 8.07. The summed E-state index contributed by atoms with van der Waals surface area (Å²) in [4.78, 5) is 0. The van der Waals surface area contributed by atoms with Gasteiger partial charge in [-0.25, -0.2) is 0 Å². The maximum absolute atomic E-state index is 11.0. The van der Waals surface area contributed by atoms with Crippen LogP contribution in [0.1, 0.15) is 76.3 Å². The number of aromatic hydroxyl groups is 1. The summed E-state index contributed by atoms with van der Waals surface area (Å²) in [7, 11) is 0. The number of unbranched alkanes of at least 4 members (excludes halogenated alkanes) is 2. The molecule has 1 aromatic rings. The van der Waals surface area contributed by atoms with Gasteiger partial charge in [0.1, 0.15) is 11.5 Å². The Labute approximate surface area is 172 Å². The average molecular weight is 388 g/mol. The first-order chi connectivity index (χ1) is 13.0. The largest absolute Gasteiger partial charge is 0.507 e. The van der Waals surface area contributed by atoms with E-state index in [9.17, 15) is 5.11 Å². The van der Waals surface area contributed by atoms with Crippen LogP contribution in [-0.4, -0.2) is 18.3 Å². The predicted molar refractivity (Wildman–Crippen MR) is 120 cm³/mol. The summed E-state index contributed by atoms with van der Waals surface area (Å²) in [6, 6.07) is 4.10. The predicted octanol–water partition coefficient (Wildman–Crippen LogP) is 5.60. The molecule has 2 unspecified atom stereocenters. The molecule has 0 saturated heterocycles. The molecular formula is C25H41NO2. The monoisotopic (exact) mass is 387 g/mol. The van der Waals surface area contributed by atoms with E-state index < -0.39 is 0 Å². The number of allylic oxidation sites excluding steroid dienone is 3. The number of rotatable bonds is 10. The molecule has 0 heterocycles. The third-order valence-corrected chi connectivity index (χ3v) is 5.61. The van der Waals surface area contributed by atoms with Crippen molar-refractivity contribution in [2.45, 2.75) is 71.6 Å². The van der Waals surface area contributed by atoms with Crippen LogP contribution in [0.2, 0.25) is 0 Å². The SMILES string of the molecule is C=C(C)C1CCC(C)=CC1c1c(O)cc(CCCCC)cc1OCCC[NH3+].[CH3-]. The molecule has 0 aromatic heterocycles. The lowest BCUT2D eigenvalue weighted by atomic mass is 9.73. The van der Waals surface area contributed by atoms with Gasteiger partial charge in [0.25, 0.3) is 0 Å². The maximum atomic E-state index is 11.0. The third kappa shape index (κ3) is 6.41. The molecule has 0 saturated carbocycles. The fourth-order valence-electron chi connectivity index (χ4n) is 4.04. The van der Waals surface area contributed by atoms with Crippen LogP contribution in [0.3, 0.4) is 0 Å². The minimum absolute atomic E-state index is 0. The van der Waals surface area contributed by atoms with Crippen LogP contribution >= 0.6 is 0 Å². The zero-order valence-electron chi connectivity index (χ0n) is 18.5. The van der Waals surface area contributed by atoms with Crippen LogP contribution in [0.15, 0.2) is 35.9 Å². The van der Waals surface area contributed by atoms with Crippen LogP contribution in [0.5, 0.6) is 11.5 Å². The molecule has 4 N–H and O–H groups in total. The van der Waals surface area contributed by atoms with E-state index in [1.54, 1.807) is 0 Å². The van der Waals surface area contributed by atoms with Gasteiger partial charge in [-0.3, -0.25) is 0 Å². The molecule has 28 heavy (non-hydrogen) atoms. The fraction of sp³-hybridized carbons (Fsp3) is 0.560. The molecule has 1 aliphatic rings. The Morgan fingerprint density at radius 3 is 2.68 bits per heavy atom. The van der Waals surface area contributed by atoms with Crippen molar-refractivity contribution in [1.29, 1.82) is 0 Å². The van der Waals surface area contributed by atoms with Crippen LogP contribution in [0.25, 0.3) is 0 Å². The molecule has 0 fully saturated rings. The van der Waals surface area contributed by atoms with Crippen molar-refractivity contribution in [3.63, 3.8) is 0 Å². The summed E-state index contributed by atoms with van der Waals surface area (Å²) in [6.07, 6.45) is 9.94. The van der Waals surface area contributed by atoms with Gasteiger partial charge in [-0.1, -0.05) is 43.6 Å². The normalized spacial score (nSPS) is 18.9. The summed E-state index contributed by atoms with van der Waals surface area (Å²) >= 11 is 0. The number of phenols is 1. The maximum Gasteiger partial charge on any atom is 0.127 e. The van der Waals surface area contributed by atoms with Crippen LogP contribution in [0.4, 0.5) is 0 Å². The molecule has 3 nitrogen and oxygen atoms in total. The Balaban J connectivity index is 0.00000392. The Hall–Kier alpha value is -1.74. The molecule has 0 radical (unpaired) electrons. The van der Waals surface area contributed by atoms with E-state index in [0.29, 0.717) is 18.3 Å². The van der Waals surface area contributed by atoms with E-state index in [0.717, 1.165) is 55.5 Å². The quantitative estimate of drug-likeness (QED) is 0.312. The highest BCUT2D eigenvalue weighted by molar-refractivity contribution is 5.52. The number of quaternary nitrogens is 1.